The van der Waals surface area contributed by atoms with Gasteiger partial charge in [-0.2, -0.15) is 0 Å². The molecule has 1 nitrogen and oxygen atoms in total. The summed E-state index contributed by atoms with van der Waals surface area (Å²) in [7, 11) is -0.284. The van der Waals surface area contributed by atoms with Crippen LogP contribution in [0.5, 0.6) is 0 Å². The number of rotatable bonds is 3. The summed E-state index contributed by atoms with van der Waals surface area (Å²) in [6.07, 6.45) is 5.84. The van der Waals surface area contributed by atoms with E-state index < -0.39 is 0 Å². The summed E-state index contributed by atoms with van der Waals surface area (Å²) in [6, 6.07) is 0. The number of terminal acetylenes is 1. The fraction of sp³-hybridized carbons (Fsp3) is 0.600. The Balaban J connectivity index is 2.60. The van der Waals surface area contributed by atoms with Crippen LogP contribution in [0, 0.1) is 12.0 Å². The molecule has 0 aromatic carbocycles. The third-order valence-electron chi connectivity index (χ3n) is 0.595. The zero-order valence-corrected chi connectivity index (χ0v) is 6.02. The highest BCUT2D eigenvalue weighted by molar-refractivity contribution is 6.45. The van der Waals surface area contributed by atoms with Crippen molar-refractivity contribution in [2.24, 2.45) is 0 Å². The zero-order valence-electron chi connectivity index (χ0n) is 4.61. The molecule has 0 bridgehead atoms. The molecule has 0 aliphatic rings. The molecule has 0 heterocycles. The van der Waals surface area contributed by atoms with Crippen molar-refractivity contribution in [2.75, 3.05) is 12.8 Å². The maximum absolute atomic E-state index is 5.00. The fourth-order valence-electron chi connectivity index (χ4n) is 0.275. The Kier molecular flexibility index (Phi) is 5.52. The lowest BCUT2D eigenvalue weighted by molar-refractivity contribution is 0.194. The molecule has 0 spiro atoms. The van der Waals surface area contributed by atoms with Gasteiger partial charge < -0.3 is 4.74 Å². The molecule has 0 rings (SSSR count). The van der Waals surface area contributed by atoms with Gasteiger partial charge in [0, 0.05) is 12.8 Å². The SMILES string of the molecule is C#C[SiH2]COCC. The minimum absolute atomic E-state index is 0.284. The maximum atomic E-state index is 5.00. The van der Waals surface area contributed by atoms with E-state index in [1.807, 2.05) is 6.92 Å². The molecule has 0 unspecified atom stereocenters. The van der Waals surface area contributed by atoms with E-state index in [9.17, 15) is 0 Å². The predicted molar refractivity (Wildman–Crippen MR) is 33.9 cm³/mol. The summed E-state index contributed by atoms with van der Waals surface area (Å²) in [5.74, 6) is 0. The summed E-state index contributed by atoms with van der Waals surface area (Å²) in [5, 5.41) is 0. The van der Waals surface area contributed by atoms with E-state index >= 15 is 0 Å². The van der Waals surface area contributed by atoms with Crippen LogP contribution in [0.25, 0.3) is 0 Å². The summed E-state index contributed by atoms with van der Waals surface area (Å²) in [6.45, 7) is 2.78. The van der Waals surface area contributed by atoms with Gasteiger partial charge >= 0.3 is 0 Å². The first-order chi connectivity index (χ1) is 3.41. The van der Waals surface area contributed by atoms with Crippen molar-refractivity contribution in [2.45, 2.75) is 6.92 Å². The highest BCUT2D eigenvalue weighted by atomic mass is 28.2. The summed E-state index contributed by atoms with van der Waals surface area (Å²) in [4.78, 5) is 0. The van der Waals surface area contributed by atoms with Crippen molar-refractivity contribution < 1.29 is 4.74 Å². The van der Waals surface area contributed by atoms with Gasteiger partial charge in [-0.1, -0.05) is 0 Å². The molecule has 0 N–H and O–H groups in total. The van der Waals surface area contributed by atoms with E-state index in [1.165, 1.54) is 0 Å². The van der Waals surface area contributed by atoms with E-state index in [2.05, 4.69) is 5.54 Å². The van der Waals surface area contributed by atoms with Crippen molar-refractivity contribution in [1.29, 1.82) is 0 Å². The van der Waals surface area contributed by atoms with Gasteiger partial charge in [0.15, 0.2) is 0 Å². The molecule has 0 aliphatic carbocycles. The first kappa shape index (κ1) is 6.74. The van der Waals surface area contributed by atoms with Gasteiger partial charge in [-0.3, -0.25) is 0 Å². The maximum Gasteiger partial charge on any atom is 0.134 e. The lowest BCUT2D eigenvalue weighted by Crippen LogP contribution is -1.99. The van der Waals surface area contributed by atoms with Crippen LogP contribution in [-0.4, -0.2) is 22.4 Å². The zero-order chi connectivity index (χ0) is 5.54. The van der Waals surface area contributed by atoms with Crippen LogP contribution >= 0.6 is 0 Å². The standard InChI is InChI=1S/C5H10OSi/c1-3-6-5-7-4-2/h2H,3,5,7H2,1H3. The lowest BCUT2D eigenvalue weighted by Gasteiger charge is -1.90. The largest absolute Gasteiger partial charge is 0.385 e. The summed E-state index contributed by atoms with van der Waals surface area (Å²) >= 11 is 0. The number of hydrogen-bond donors (Lipinski definition) is 0. The van der Waals surface area contributed by atoms with Crippen LogP contribution in [0.4, 0.5) is 0 Å². The summed E-state index contributed by atoms with van der Waals surface area (Å²) < 4.78 is 4.99. The third kappa shape index (κ3) is 5.74. The molecule has 0 aromatic heterocycles. The monoisotopic (exact) mass is 114 g/mol. The smallest absolute Gasteiger partial charge is 0.134 e. The molecule has 0 radical (unpaired) electrons. The number of ether oxygens (including phenoxy) is 1. The lowest BCUT2D eigenvalue weighted by atomic mass is 10.9. The molecule has 0 amide bonds. The van der Waals surface area contributed by atoms with Crippen LogP contribution < -0.4 is 0 Å². The van der Waals surface area contributed by atoms with E-state index in [-0.39, 0.29) is 9.52 Å². The Morgan fingerprint density at radius 1 is 1.86 bits per heavy atom. The minimum Gasteiger partial charge on any atom is -0.385 e. The highest BCUT2D eigenvalue weighted by Gasteiger charge is 1.77. The average molecular weight is 114 g/mol. The Morgan fingerprint density at radius 3 is 3.00 bits per heavy atom. The normalized spacial score (nSPS) is 9.71. The second kappa shape index (κ2) is 5.74. The van der Waals surface area contributed by atoms with Crippen molar-refractivity contribution >= 4 is 9.52 Å². The van der Waals surface area contributed by atoms with Gasteiger partial charge in [-0.15, -0.1) is 12.0 Å². The molecular weight excluding hydrogens is 104 g/mol. The van der Waals surface area contributed by atoms with Gasteiger partial charge in [0.2, 0.25) is 0 Å². The third-order valence-corrected chi connectivity index (χ3v) is 1.38. The van der Waals surface area contributed by atoms with Gasteiger partial charge in [-0.25, -0.2) is 0 Å². The quantitative estimate of drug-likeness (QED) is 0.279. The first-order valence-electron chi connectivity index (χ1n) is 2.43. The Bertz CT molecular complexity index is 65.0. The molecule has 2 heteroatoms. The molecule has 0 saturated carbocycles. The van der Waals surface area contributed by atoms with Gasteiger partial charge in [0.25, 0.3) is 0 Å². The second-order valence-electron chi connectivity index (χ2n) is 1.15. The molecule has 0 atom stereocenters. The predicted octanol–water partition coefficient (Wildman–Crippen LogP) is -0.260. The van der Waals surface area contributed by atoms with Crippen LogP contribution in [0.1, 0.15) is 6.92 Å². The molecular formula is C5H10OSi. The van der Waals surface area contributed by atoms with Gasteiger partial charge in [0.05, 0.1) is 0 Å². The van der Waals surface area contributed by atoms with Crippen LogP contribution in [0.2, 0.25) is 0 Å². The molecule has 0 aliphatic heterocycles. The highest BCUT2D eigenvalue weighted by Crippen LogP contribution is 1.66. The van der Waals surface area contributed by atoms with Gasteiger partial charge in [-0.05, 0) is 6.92 Å². The van der Waals surface area contributed by atoms with E-state index in [4.69, 9.17) is 11.2 Å². The first-order valence-corrected chi connectivity index (χ1v) is 4.13. The van der Waals surface area contributed by atoms with E-state index in [1.54, 1.807) is 0 Å². The van der Waals surface area contributed by atoms with Crippen molar-refractivity contribution in [1.82, 2.24) is 0 Å². The van der Waals surface area contributed by atoms with Crippen LogP contribution in [0.15, 0.2) is 0 Å². The van der Waals surface area contributed by atoms with Crippen molar-refractivity contribution in [3.63, 3.8) is 0 Å². The Hall–Kier alpha value is -0.263. The Labute approximate surface area is 46.9 Å². The van der Waals surface area contributed by atoms with Gasteiger partial charge in [0.1, 0.15) is 9.52 Å². The fourth-order valence-corrected chi connectivity index (χ4v) is 0.826. The molecule has 7 heavy (non-hydrogen) atoms. The molecule has 40 valence electrons. The second-order valence-corrected chi connectivity index (χ2v) is 2.47. The van der Waals surface area contributed by atoms with Crippen molar-refractivity contribution in [3.05, 3.63) is 0 Å². The van der Waals surface area contributed by atoms with Crippen LogP contribution in [-0.2, 0) is 4.74 Å². The average Bonchev–Trinajstić information content (AvgIpc) is 1.69. The van der Waals surface area contributed by atoms with Crippen LogP contribution in [0.3, 0.4) is 0 Å². The van der Waals surface area contributed by atoms with E-state index in [0.29, 0.717) is 0 Å². The van der Waals surface area contributed by atoms with Crippen molar-refractivity contribution in [3.8, 4) is 12.0 Å². The topological polar surface area (TPSA) is 9.23 Å². The minimum atomic E-state index is -0.284. The molecule has 0 saturated heterocycles. The number of hydrogen-bond acceptors (Lipinski definition) is 1. The van der Waals surface area contributed by atoms with E-state index in [0.717, 1.165) is 12.8 Å². The molecule has 0 fully saturated rings. The molecule has 0 aromatic rings. The Morgan fingerprint density at radius 2 is 2.57 bits per heavy atom. The summed E-state index contributed by atoms with van der Waals surface area (Å²) in [5.41, 5.74) is 2.62.